The minimum absolute atomic E-state index is 0.348. The molecule has 0 bridgehead atoms. The van der Waals surface area contributed by atoms with Crippen LogP contribution in [0.3, 0.4) is 0 Å². The van der Waals surface area contributed by atoms with Crippen LogP contribution in [0.25, 0.3) is 11.0 Å². The van der Waals surface area contributed by atoms with E-state index in [0.717, 1.165) is 16.6 Å². The Balaban J connectivity index is 1.73. The number of ether oxygens (including phenoxy) is 3. The van der Waals surface area contributed by atoms with E-state index in [-0.39, 0.29) is 5.97 Å². The molecule has 0 spiro atoms. The highest BCUT2D eigenvalue weighted by molar-refractivity contribution is 5.89. The van der Waals surface area contributed by atoms with Gasteiger partial charge in [-0.15, -0.1) is 0 Å². The van der Waals surface area contributed by atoms with Gasteiger partial charge in [0.2, 0.25) is 5.95 Å². The van der Waals surface area contributed by atoms with Crippen LogP contribution in [-0.4, -0.2) is 37.3 Å². The molecular weight excluding hydrogens is 322 g/mol. The lowest BCUT2D eigenvalue weighted by Crippen LogP contribution is -2.03. The van der Waals surface area contributed by atoms with Crippen molar-refractivity contribution in [3.8, 4) is 11.5 Å². The molecule has 0 saturated carbocycles. The molecule has 3 aromatic rings. The van der Waals surface area contributed by atoms with E-state index < -0.39 is 0 Å². The molecule has 2 aromatic carbocycles. The number of esters is 1. The minimum atomic E-state index is -0.348. The maximum Gasteiger partial charge on any atom is 0.337 e. The standard InChI is InChI=1S/C18H19N3O4/c1-23-15-8-13-14(9-16(15)24-2)21-18(20-13)19-10-11-4-6-12(7-5-11)17(22)25-3/h4-9H,10H2,1-3H3,(H2,19,20,21). The maximum absolute atomic E-state index is 11.4. The van der Waals surface area contributed by atoms with Gasteiger partial charge in [0.1, 0.15) is 0 Å². The zero-order valence-corrected chi connectivity index (χ0v) is 14.3. The zero-order chi connectivity index (χ0) is 17.8. The van der Waals surface area contributed by atoms with Crippen LogP contribution in [0, 0.1) is 0 Å². The number of methoxy groups -OCH3 is 3. The lowest BCUT2D eigenvalue weighted by Gasteiger charge is -2.06. The zero-order valence-electron chi connectivity index (χ0n) is 14.3. The number of rotatable bonds is 6. The molecule has 0 aliphatic heterocycles. The largest absolute Gasteiger partial charge is 0.493 e. The van der Waals surface area contributed by atoms with Gasteiger partial charge in [-0.2, -0.15) is 0 Å². The summed E-state index contributed by atoms with van der Waals surface area (Å²) in [6.07, 6.45) is 0. The Morgan fingerprint density at radius 3 is 2.40 bits per heavy atom. The minimum Gasteiger partial charge on any atom is -0.493 e. The van der Waals surface area contributed by atoms with Crippen molar-refractivity contribution in [2.24, 2.45) is 0 Å². The van der Waals surface area contributed by atoms with Gasteiger partial charge in [0.15, 0.2) is 11.5 Å². The van der Waals surface area contributed by atoms with Crippen molar-refractivity contribution >= 4 is 23.0 Å². The molecule has 2 N–H and O–H groups in total. The van der Waals surface area contributed by atoms with Crippen molar-refractivity contribution in [3.05, 3.63) is 47.5 Å². The van der Waals surface area contributed by atoms with Gasteiger partial charge in [-0.1, -0.05) is 12.1 Å². The number of H-pyrrole nitrogens is 1. The Morgan fingerprint density at radius 1 is 1.08 bits per heavy atom. The van der Waals surface area contributed by atoms with Crippen LogP contribution >= 0.6 is 0 Å². The molecule has 0 saturated heterocycles. The number of hydrogen-bond acceptors (Lipinski definition) is 6. The molecule has 0 radical (unpaired) electrons. The second kappa shape index (κ2) is 7.12. The first kappa shape index (κ1) is 16.6. The third-order valence-electron chi connectivity index (χ3n) is 3.82. The van der Waals surface area contributed by atoms with Crippen LogP contribution in [0.15, 0.2) is 36.4 Å². The Kier molecular flexibility index (Phi) is 4.74. The molecule has 0 fully saturated rings. The molecule has 0 aliphatic rings. The third kappa shape index (κ3) is 3.50. The SMILES string of the molecule is COC(=O)c1ccc(CNc2nc3cc(OC)c(OC)cc3[nH]2)cc1. The number of imidazole rings is 1. The van der Waals surface area contributed by atoms with Crippen LogP contribution in [0.1, 0.15) is 15.9 Å². The Labute approximate surface area is 144 Å². The normalized spacial score (nSPS) is 10.5. The summed E-state index contributed by atoms with van der Waals surface area (Å²) < 4.78 is 15.3. The highest BCUT2D eigenvalue weighted by atomic mass is 16.5. The number of hydrogen-bond donors (Lipinski definition) is 2. The molecule has 0 atom stereocenters. The predicted octanol–water partition coefficient (Wildman–Crippen LogP) is 2.98. The smallest absolute Gasteiger partial charge is 0.337 e. The number of carbonyl (C=O) groups is 1. The average molecular weight is 341 g/mol. The summed E-state index contributed by atoms with van der Waals surface area (Å²) in [5, 5.41) is 3.22. The predicted molar refractivity (Wildman–Crippen MR) is 94.3 cm³/mol. The Bertz CT molecular complexity index is 846. The van der Waals surface area contributed by atoms with Crippen LogP contribution in [0.5, 0.6) is 11.5 Å². The molecule has 0 unspecified atom stereocenters. The van der Waals surface area contributed by atoms with E-state index in [1.54, 1.807) is 26.4 Å². The topological polar surface area (TPSA) is 85.5 Å². The first-order valence-corrected chi connectivity index (χ1v) is 7.67. The van der Waals surface area contributed by atoms with E-state index in [0.29, 0.717) is 29.6 Å². The molecule has 3 rings (SSSR count). The van der Waals surface area contributed by atoms with Crippen molar-refractivity contribution in [3.63, 3.8) is 0 Å². The molecule has 0 aliphatic carbocycles. The number of nitrogens with zero attached hydrogens (tertiary/aromatic N) is 1. The lowest BCUT2D eigenvalue weighted by atomic mass is 10.1. The molecule has 7 heteroatoms. The molecule has 130 valence electrons. The number of nitrogens with one attached hydrogen (secondary N) is 2. The molecular formula is C18H19N3O4. The summed E-state index contributed by atoms with van der Waals surface area (Å²) >= 11 is 0. The Hall–Kier alpha value is -3.22. The summed E-state index contributed by atoms with van der Waals surface area (Å²) in [5.41, 5.74) is 3.17. The number of benzene rings is 2. The molecule has 1 aromatic heterocycles. The fourth-order valence-electron chi connectivity index (χ4n) is 2.48. The summed E-state index contributed by atoms with van der Waals surface area (Å²) in [6.45, 7) is 0.565. The molecule has 7 nitrogen and oxygen atoms in total. The van der Waals surface area contributed by atoms with Crippen LogP contribution in [0.4, 0.5) is 5.95 Å². The number of aromatic nitrogens is 2. The van der Waals surface area contributed by atoms with Crippen molar-refractivity contribution < 1.29 is 19.0 Å². The van der Waals surface area contributed by atoms with Gasteiger partial charge in [0.05, 0.1) is 37.9 Å². The van der Waals surface area contributed by atoms with Crippen molar-refractivity contribution in [1.29, 1.82) is 0 Å². The van der Waals surface area contributed by atoms with Gasteiger partial charge in [-0.3, -0.25) is 0 Å². The van der Waals surface area contributed by atoms with E-state index in [1.165, 1.54) is 7.11 Å². The van der Waals surface area contributed by atoms with Crippen LogP contribution in [-0.2, 0) is 11.3 Å². The number of fused-ring (bicyclic) bond motifs is 1. The third-order valence-corrected chi connectivity index (χ3v) is 3.82. The van der Waals surface area contributed by atoms with Gasteiger partial charge >= 0.3 is 5.97 Å². The van der Waals surface area contributed by atoms with Gasteiger partial charge < -0.3 is 24.5 Å². The van der Waals surface area contributed by atoms with E-state index >= 15 is 0 Å². The summed E-state index contributed by atoms with van der Waals surface area (Å²) in [7, 11) is 4.55. The summed E-state index contributed by atoms with van der Waals surface area (Å²) in [6, 6.07) is 10.9. The summed E-state index contributed by atoms with van der Waals surface area (Å²) in [4.78, 5) is 19.1. The van der Waals surface area contributed by atoms with Gasteiger partial charge in [-0.25, -0.2) is 9.78 Å². The monoisotopic (exact) mass is 341 g/mol. The number of carbonyl (C=O) groups excluding carboxylic acids is 1. The second-order valence-corrected chi connectivity index (χ2v) is 5.35. The fourth-order valence-corrected chi connectivity index (χ4v) is 2.48. The molecule has 0 amide bonds. The summed E-state index contributed by atoms with van der Waals surface area (Å²) in [5.74, 6) is 1.57. The van der Waals surface area contributed by atoms with E-state index in [4.69, 9.17) is 9.47 Å². The van der Waals surface area contributed by atoms with Crippen LogP contribution < -0.4 is 14.8 Å². The van der Waals surface area contributed by atoms with Gasteiger partial charge in [-0.05, 0) is 17.7 Å². The highest BCUT2D eigenvalue weighted by Gasteiger charge is 2.10. The quantitative estimate of drug-likeness (QED) is 0.671. The first-order valence-electron chi connectivity index (χ1n) is 7.67. The molecule has 25 heavy (non-hydrogen) atoms. The highest BCUT2D eigenvalue weighted by Crippen LogP contribution is 2.31. The average Bonchev–Trinajstić information content (AvgIpc) is 3.06. The fraction of sp³-hybridized carbons (Fsp3) is 0.222. The van der Waals surface area contributed by atoms with Gasteiger partial charge in [0.25, 0.3) is 0 Å². The first-order chi connectivity index (χ1) is 12.1. The van der Waals surface area contributed by atoms with Crippen molar-refractivity contribution in [2.75, 3.05) is 26.6 Å². The maximum atomic E-state index is 11.4. The lowest BCUT2D eigenvalue weighted by molar-refractivity contribution is 0.0600. The second-order valence-electron chi connectivity index (χ2n) is 5.35. The number of anilines is 1. The van der Waals surface area contributed by atoms with Crippen LogP contribution in [0.2, 0.25) is 0 Å². The van der Waals surface area contributed by atoms with E-state index in [1.807, 2.05) is 24.3 Å². The number of aromatic amines is 1. The van der Waals surface area contributed by atoms with E-state index in [9.17, 15) is 4.79 Å². The van der Waals surface area contributed by atoms with Gasteiger partial charge in [0, 0.05) is 18.7 Å². The Morgan fingerprint density at radius 2 is 1.76 bits per heavy atom. The van der Waals surface area contributed by atoms with E-state index in [2.05, 4.69) is 20.0 Å². The van der Waals surface area contributed by atoms with Crippen molar-refractivity contribution in [2.45, 2.75) is 6.54 Å². The van der Waals surface area contributed by atoms with Crippen molar-refractivity contribution in [1.82, 2.24) is 9.97 Å². The molecule has 1 heterocycles.